The van der Waals surface area contributed by atoms with E-state index in [1.165, 1.54) is 65.5 Å². The number of fused-ring (bicyclic) bond motifs is 6. The first kappa shape index (κ1) is 20.6. The van der Waals surface area contributed by atoms with Crippen molar-refractivity contribution in [1.82, 2.24) is 0 Å². The van der Waals surface area contributed by atoms with Gasteiger partial charge in [0.1, 0.15) is 11.3 Å². The third-order valence-corrected chi connectivity index (χ3v) is 7.87. The Morgan fingerprint density at radius 2 is 1.16 bits per heavy atom. The molecule has 1 heteroatoms. The highest BCUT2D eigenvalue weighted by Crippen LogP contribution is 2.44. The van der Waals surface area contributed by atoms with Gasteiger partial charge in [-0.3, -0.25) is 0 Å². The lowest BCUT2D eigenvalue weighted by Crippen LogP contribution is -1.90. The third-order valence-electron chi connectivity index (χ3n) is 7.87. The summed E-state index contributed by atoms with van der Waals surface area (Å²) in [6.07, 6.45) is 6.51. The van der Waals surface area contributed by atoms with E-state index in [1.54, 1.807) is 0 Å². The maximum atomic E-state index is 6.23. The van der Waals surface area contributed by atoms with Crippen molar-refractivity contribution >= 4 is 49.4 Å². The Kier molecular flexibility index (Phi) is 4.41. The molecule has 0 saturated carbocycles. The first-order chi connectivity index (χ1) is 18.3. The van der Waals surface area contributed by atoms with Crippen LogP contribution in [0.5, 0.6) is 0 Å². The van der Waals surface area contributed by atoms with Crippen molar-refractivity contribution in [2.45, 2.75) is 12.8 Å². The lowest BCUT2D eigenvalue weighted by Gasteiger charge is -2.18. The third kappa shape index (κ3) is 3.11. The Bertz CT molecular complexity index is 1960. The Morgan fingerprint density at radius 3 is 1.86 bits per heavy atom. The van der Waals surface area contributed by atoms with Crippen LogP contribution < -0.4 is 0 Å². The van der Waals surface area contributed by atoms with Crippen LogP contribution in [0.1, 0.15) is 17.7 Å². The van der Waals surface area contributed by atoms with E-state index in [0.717, 1.165) is 24.2 Å². The summed E-state index contributed by atoms with van der Waals surface area (Å²) in [7, 11) is 0. The van der Waals surface area contributed by atoms with Gasteiger partial charge in [0.15, 0.2) is 0 Å². The zero-order chi connectivity index (χ0) is 24.3. The fraction of sp³-hybridized carbons (Fsp3) is 0.0556. The minimum absolute atomic E-state index is 0.980. The summed E-state index contributed by atoms with van der Waals surface area (Å²) in [5.74, 6) is 1.11. The average molecular weight is 473 g/mol. The van der Waals surface area contributed by atoms with Gasteiger partial charge < -0.3 is 4.42 Å². The van der Waals surface area contributed by atoms with Crippen LogP contribution in [0.3, 0.4) is 0 Å². The number of allylic oxidation sites excluding steroid dienone is 1. The molecule has 1 heterocycles. The summed E-state index contributed by atoms with van der Waals surface area (Å²) in [5.41, 5.74) is 7.32. The van der Waals surface area contributed by atoms with Crippen LogP contribution in [0.25, 0.3) is 71.6 Å². The molecule has 0 N–H and O–H groups in total. The molecule has 0 atom stereocenters. The van der Waals surface area contributed by atoms with Gasteiger partial charge in [0.25, 0.3) is 0 Å². The van der Waals surface area contributed by atoms with Gasteiger partial charge in [-0.15, -0.1) is 0 Å². The topological polar surface area (TPSA) is 13.1 Å². The molecule has 0 fully saturated rings. The molecule has 6 aromatic carbocycles. The van der Waals surface area contributed by atoms with Crippen molar-refractivity contribution in [2.75, 3.05) is 0 Å². The monoisotopic (exact) mass is 472 g/mol. The molecule has 0 spiro atoms. The lowest BCUT2D eigenvalue weighted by molar-refractivity contribution is 0.546. The number of aryl methyl sites for hydroxylation is 1. The first-order valence-corrected chi connectivity index (χ1v) is 13.0. The second-order valence-corrected chi connectivity index (χ2v) is 10.00. The second kappa shape index (κ2) is 7.94. The van der Waals surface area contributed by atoms with E-state index in [1.807, 2.05) is 0 Å². The van der Waals surface area contributed by atoms with Crippen molar-refractivity contribution in [2.24, 2.45) is 0 Å². The summed E-state index contributed by atoms with van der Waals surface area (Å²) in [6.45, 7) is 0. The Hall–Kier alpha value is -4.62. The number of benzene rings is 6. The lowest BCUT2D eigenvalue weighted by atomic mass is 9.85. The predicted molar refractivity (Wildman–Crippen MR) is 157 cm³/mol. The van der Waals surface area contributed by atoms with E-state index in [2.05, 4.69) is 121 Å². The second-order valence-electron chi connectivity index (χ2n) is 10.00. The summed E-state index contributed by atoms with van der Waals surface area (Å²) in [6, 6.07) is 39.9. The van der Waals surface area contributed by atoms with Crippen LogP contribution in [0.15, 0.2) is 120 Å². The van der Waals surface area contributed by atoms with E-state index >= 15 is 0 Å². The van der Waals surface area contributed by atoms with Gasteiger partial charge in [-0.25, -0.2) is 0 Å². The van der Waals surface area contributed by atoms with E-state index in [0.29, 0.717) is 0 Å². The summed E-state index contributed by atoms with van der Waals surface area (Å²) < 4.78 is 6.23. The highest BCUT2D eigenvalue weighted by molar-refractivity contribution is 6.21. The van der Waals surface area contributed by atoms with Gasteiger partial charge in [0.2, 0.25) is 0 Å². The van der Waals surface area contributed by atoms with Gasteiger partial charge in [-0.05, 0) is 79.2 Å². The Labute approximate surface area is 215 Å². The number of hydrogen-bond donors (Lipinski definition) is 0. The van der Waals surface area contributed by atoms with Crippen molar-refractivity contribution in [1.29, 1.82) is 0 Å². The summed E-state index contributed by atoms with van der Waals surface area (Å²) >= 11 is 0. The molecule has 0 amide bonds. The highest BCUT2D eigenvalue weighted by Gasteiger charge is 2.18. The van der Waals surface area contributed by atoms with Crippen LogP contribution in [0.4, 0.5) is 0 Å². The van der Waals surface area contributed by atoms with Crippen LogP contribution >= 0.6 is 0 Å². The van der Waals surface area contributed by atoms with E-state index < -0.39 is 0 Å². The number of hydrogen-bond acceptors (Lipinski definition) is 1. The Morgan fingerprint density at radius 1 is 0.514 bits per heavy atom. The minimum Gasteiger partial charge on any atom is -0.460 e. The molecule has 1 aromatic heterocycles. The fourth-order valence-corrected chi connectivity index (χ4v) is 6.20. The molecule has 174 valence electrons. The van der Waals surface area contributed by atoms with Gasteiger partial charge in [-0.2, -0.15) is 0 Å². The first-order valence-electron chi connectivity index (χ1n) is 13.0. The smallest absolute Gasteiger partial charge is 0.135 e. The molecule has 0 saturated heterocycles. The fourth-order valence-electron chi connectivity index (χ4n) is 6.20. The molecule has 37 heavy (non-hydrogen) atoms. The largest absolute Gasteiger partial charge is 0.460 e. The molecule has 0 aliphatic heterocycles. The molecule has 8 rings (SSSR count). The van der Waals surface area contributed by atoms with Gasteiger partial charge in [0.05, 0.1) is 0 Å². The van der Waals surface area contributed by atoms with Crippen molar-refractivity contribution < 1.29 is 4.42 Å². The SMILES string of the molecule is C1=Cc2c(oc3cc4ccc(-c5c6ccccc6c(-c6ccccc6)c6ccccc56)cc4cc23)CC1. The van der Waals surface area contributed by atoms with Crippen molar-refractivity contribution in [3.63, 3.8) is 0 Å². The maximum absolute atomic E-state index is 6.23. The molecule has 1 nitrogen and oxygen atoms in total. The number of furan rings is 1. The van der Waals surface area contributed by atoms with Gasteiger partial charge >= 0.3 is 0 Å². The molecule has 0 unspecified atom stereocenters. The zero-order valence-electron chi connectivity index (χ0n) is 20.4. The summed E-state index contributed by atoms with van der Waals surface area (Å²) in [5, 5.41) is 8.80. The molecule has 1 aliphatic carbocycles. The molecular formula is C36H24O. The number of rotatable bonds is 2. The quantitative estimate of drug-likeness (QED) is 0.228. The van der Waals surface area contributed by atoms with Crippen molar-refractivity contribution in [3.05, 3.63) is 127 Å². The van der Waals surface area contributed by atoms with Crippen LogP contribution in [0.2, 0.25) is 0 Å². The molecule has 0 radical (unpaired) electrons. The van der Waals surface area contributed by atoms with Crippen LogP contribution in [0, 0.1) is 0 Å². The predicted octanol–water partition coefficient (Wildman–Crippen LogP) is 10.2. The van der Waals surface area contributed by atoms with E-state index in [-0.39, 0.29) is 0 Å². The van der Waals surface area contributed by atoms with Crippen LogP contribution in [-0.2, 0) is 6.42 Å². The van der Waals surface area contributed by atoms with E-state index in [9.17, 15) is 0 Å². The maximum Gasteiger partial charge on any atom is 0.135 e. The van der Waals surface area contributed by atoms with Crippen LogP contribution in [-0.4, -0.2) is 0 Å². The van der Waals surface area contributed by atoms with Gasteiger partial charge in [0, 0.05) is 17.4 Å². The highest BCUT2D eigenvalue weighted by atomic mass is 16.3. The zero-order valence-corrected chi connectivity index (χ0v) is 20.4. The molecular weight excluding hydrogens is 448 g/mol. The molecule has 1 aliphatic rings. The van der Waals surface area contributed by atoms with Crippen molar-refractivity contribution in [3.8, 4) is 22.3 Å². The minimum atomic E-state index is 0.980. The summed E-state index contributed by atoms with van der Waals surface area (Å²) in [4.78, 5) is 0. The van der Waals surface area contributed by atoms with Gasteiger partial charge in [-0.1, -0.05) is 103 Å². The Balaban J connectivity index is 1.44. The van der Waals surface area contributed by atoms with E-state index in [4.69, 9.17) is 4.42 Å². The standard InChI is InChI=1S/C36H24O/c1-2-10-23(11-3-1)35-28-13-4-6-15-30(28)36(31-16-7-5-14-29(31)35)25-19-18-24-22-34-32(21-26(24)20-25)27-12-8-9-17-33(27)37-34/h1-8,10-16,18-22H,9,17H2. The molecule has 7 aromatic rings. The average Bonchev–Trinajstić information content (AvgIpc) is 3.32. The molecule has 0 bridgehead atoms. The normalized spacial score (nSPS) is 13.1.